The lowest BCUT2D eigenvalue weighted by atomic mass is 10.2. The van der Waals surface area contributed by atoms with Crippen LogP contribution in [0.5, 0.6) is 17.2 Å². The van der Waals surface area contributed by atoms with Gasteiger partial charge in [0.25, 0.3) is 0 Å². The lowest BCUT2D eigenvalue weighted by Gasteiger charge is -2.26. The summed E-state index contributed by atoms with van der Waals surface area (Å²) in [5, 5.41) is 6.69. The van der Waals surface area contributed by atoms with E-state index in [2.05, 4.69) is 27.4 Å². The zero-order chi connectivity index (χ0) is 20.2. The van der Waals surface area contributed by atoms with Crippen molar-refractivity contribution in [1.82, 2.24) is 15.5 Å². The van der Waals surface area contributed by atoms with Gasteiger partial charge >= 0.3 is 0 Å². The molecular weight excluding hydrogens is 487 g/mol. The zero-order valence-electron chi connectivity index (χ0n) is 18.0. The van der Waals surface area contributed by atoms with Crippen LogP contribution in [-0.2, 0) is 11.3 Å². The van der Waals surface area contributed by atoms with E-state index in [4.69, 9.17) is 18.9 Å². The van der Waals surface area contributed by atoms with Crippen LogP contribution in [-0.4, -0.2) is 78.1 Å². The van der Waals surface area contributed by atoms with Crippen molar-refractivity contribution in [2.24, 2.45) is 4.99 Å². The quantitative estimate of drug-likeness (QED) is 0.211. The second-order valence-electron chi connectivity index (χ2n) is 6.46. The highest BCUT2D eigenvalue weighted by Crippen LogP contribution is 2.38. The zero-order valence-corrected chi connectivity index (χ0v) is 20.3. The number of nitrogens with zero attached hydrogens (tertiary/aromatic N) is 2. The van der Waals surface area contributed by atoms with Crippen LogP contribution in [0, 0.1) is 0 Å². The molecule has 2 rings (SSSR count). The van der Waals surface area contributed by atoms with Crippen molar-refractivity contribution >= 4 is 29.9 Å². The van der Waals surface area contributed by atoms with Crippen LogP contribution in [0.3, 0.4) is 0 Å². The van der Waals surface area contributed by atoms with E-state index in [0.717, 1.165) is 63.9 Å². The summed E-state index contributed by atoms with van der Waals surface area (Å²) >= 11 is 0. The van der Waals surface area contributed by atoms with Crippen LogP contribution >= 0.6 is 24.0 Å². The molecule has 2 N–H and O–H groups in total. The highest BCUT2D eigenvalue weighted by Gasteiger charge is 2.13. The molecule has 166 valence electrons. The van der Waals surface area contributed by atoms with E-state index >= 15 is 0 Å². The van der Waals surface area contributed by atoms with Gasteiger partial charge < -0.3 is 29.6 Å². The van der Waals surface area contributed by atoms with Crippen molar-refractivity contribution in [3.63, 3.8) is 0 Å². The first-order valence-corrected chi connectivity index (χ1v) is 9.83. The van der Waals surface area contributed by atoms with Crippen molar-refractivity contribution in [2.45, 2.75) is 19.9 Å². The second kappa shape index (κ2) is 14.5. The van der Waals surface area contributed by atoms with Gasteiger partial charge in [-0.2, -0.15) is 0 Å². The summed E-state index contributed by atoms with van der Waals surface area (Å²) in [4.78, 5) is 7.12. The summed E-state index contributed by atoms with van der Waals surface area (Å²) in [5.74, 6) is 2.66. The Labute approximate surface area is 191 Å². The summed E-state index contributed by atoms with van der Waals surface area (Å²) in [6, 6.07) is 3.85. The van der Waals surface area contributed by atoms with Gasteiger partial charge in [0, 0.05) is 26.2 Å². The van der Waals surface area contributed by atoms with Gasteiger partial charge in [0.2, 0.25) is 5.75 Å². The van der Waals surface area contributed by atoms with E-state index in [1.54, 1.807) is 21.3 Å². The van der Waals surface area contributed by atoms with Gasteiger partial charge in [-0.3, -0.25) is 4.90 Å². The van der Waals surface area contributed by atoms with E-state index in [0.29, 0.717) is 23.8 Å². The molecule has 8 nitrogen and oxygen atoms in total. The van der Waals surface area contributed by atoms with Crippen molar-refractivity contribution in [2.75, 3.05) is 67.3 Å². The van der Waals surface area contributed by atoms with E-state index in [1.807, 2.05) is 12.1 Å². The summed E-state index contributed by atoms with van der Waals surface area (Å²) in [5.41, 5.74) is 0.986. The smallest absolute Gasteiger partial charge is 0.203 e. The fraction of sp³-hybridized carbons (Fsp3) is 0.650. The minimum atomic E-state index is 0. The Hall–Kier alpha value is -1.46. The average molecular weight is 522 g/mol. The molecular formula is C20H35IN4O4. The Kier molecular flexibility index (Phi) is 12.8. The summed E-state index contributed by atoms with van der Waals surface area (Å²) in [7, 11) is 4.83. The van der Waals surface area contributed by atoms with Gasteiger partial charge in [0.05, 0.1) is 41.1 Å². The number of nitrogens with one attached hydrogen (secondary N) is 2. The van der Waals surface area contributed by atoms with Gasteiger partial charge in [0.1, 0.15) is 0 Å². The molecule has 9 heteroatoms. The van der Waals surface area contributed by atoms with Crippen LogP contribution in [0.1, 0.15) is 18.9 Å². The molecule has 0 bridgehead atoms. The predicted octanol–water partition coefficient (Wildman–Crippen LogP) is 2.11. The SMILES string of the molecule is CCNC(=NCc1cc(OC)c(OC)c(OC)c1)NCCCN1CCOCC1.I. The summed E-state index contributed by atoms with van der Waals surface area (Å²) in [6.07, 6.45) is 1.06. The number of rotatable bonds is 10. The number of hydrogen-bond acceptors (Lipinski definition) is 6. The predicted molar refractivity (Wildman–Crippen MR) is 126 cm³/mol. The van der Waals surface area contributed by atoms with Gasteiger partial charge in [0.15, 0.2) is 17.5 Å². The van der Waals surface area contributed by atoms with Crippen LogP contribution in [0.15, 0.2) is 17.1 Å². The molecule has 1 aromatic carbocycles. The maximum atomic E-state index is 5.41. The first kappa shape index (κ1) is 25.6. The topological polar surface area (TPSA) is 76.6 Å². The van der Waals surface area contributed by atoms with Gasteiger partial charge in [-0.25, -0.2) is 4.99 Å². The number of methoxy groups -OCH3 is 3. The van der Waals surface area contributed by atoms with Crippen molar-refractivity contribution in [1.29, 1.82) is 0 Å². The molecule has 29 heavy (non-hydrogen) atoms. The van der Waals surface area contributed by atoms with Crippen LogP contribution in [0.4, 0.5) is 0 Å². The van der Waals surface area contributed by atoms with Crippen molar-refractivity contribution in [3.05, 3.63) is 17.7 Å². The normalized spacial score (nSPS) is 14.7. The fourth-order valence-electron chi connectivity index (χ4n) is 3.07. The van der Waals surface area contributed by atoms with Gasteiger partial charge in [-0.1, -0.05) is 0 Å². The molecule has 0 atom stereocenters. The first-order valence-electron chi connectivity index (χ1n) is 9.83. The number of ether oxygens (including phenoxy) is 4. The van der Waals surface area contributed by atoms with E-state index in [1.165, 1.54) is 0 Å². The Balaban J connectivity index is 0.00000420. The highest BCUT2D eigenvalue weighted by molar-refractivity contribution is 14.0. The number of halogens is 1. The number of morpholine rings is 1. The fourth-order valence-corrected chi connectivity index (χ4v) is 3.07. The number of benzene rings is 1. The molecule has 1 fully saturated rings. The Bertz CT molecular complexity index is 599. The molecule has 0 radical (unpaired) electrons. The molecule has 1 heterocycles. The minimum absolute atomic E-state index is 0. The third-order valence-electron chi connectivity index (χ3n) is 4.54. The number of aliphatic imine (C=N–C) groups is 1. The molecule has 0 spiro atoms. The van der Waals surface area contributed by atoms with Crippen LogP contribution in [0.2, 0.25) is 0 Å². The average Bonchev–Trinajstić information content (AvgIpc) is 2.74. The molecule has 0 aromatic heterocycles. The Morgan fingerprint density at radius 3 is 2.28 bits per heavy atom. The second-order valence-corrected chi connectivity index (χ2v) is 6.46. The number of hydrogen-bond donors (Lipinski definition) is 2. The summed E-state index contributed by atoms with van der Waals surface area (Å²) in [6.45, 7) is 9.05. The molecule has 1 saturated heterocycles. The largest absolute Gasteiger partial charge is 0.493 e. The lowest BCUT2D eigenvalue weighted by Crippen LogP contribution is -2.40. The number of guanidine groups is 1. The molecule has 0 amide bonds. The summed E-state index contributed by atoms with van der Waals surface area (Å²) < 4.78 is 21.6. The Morgan fingerprint density at radius 1 is 1.07 bits per heavy atom. The van der Waals surface area contributed by atoms with Crippen LogP contribution < -0.4 is 24.8 Å². The van der Waals surface area contributed by atoms with Gasteiger partial charge in [-0.15, -0.1) is 24.0 Å². The van der Waals surface area contributed by atoms with E-state index in [-0.39, 0.29) is 24.0 Å². The first-order chi connectivity index (χ1) is 13.7. The van der Waals surface area contributed by atoms with Gasteiger partial charge in [-0.05, 0) is 37.6 Å². The molecule has 0 unspecified atom stereocenters. The van der Waals surface area contributed by atoms with E-state index in [9.17, 15) is 0 Å². The van der Waals surface area contributed by atoms with E-state index < -0.39 is 0 Å². The standard InChI is InChI=1S/C20H34N4O4.HI/c1-5-21-20(22-7-6-8-24-9-11-28-12-10-24)23-15-16-13-17(25-2)19(27-4)18(14-16)26-3;/h13-14H,5-12,15H2,1-4H3,(H2,21,22,23);1H. The molecule has 0 saturated carbocycles. The van der Waals surface area contributed by atoms with Crippen molar-refractivity contribution in [3.8, 4) is 17.2 Å². The third-order valence-corrected chi connectivity index (χ3v) is 4.54. The maximum absolute atomic E-state index is 5.41. The monoisotopic (exact) mass is 522 g/mol. The molecule has 1 aromatic rings. The van der Waals surface area contributed by atoms with Crippen molar-refractivity contribution < 1.29 is 18.9 Å². The maximum Gasteiger partial charge on any atom is 0.203 e. The minimum Gasteiger partial charge on any atom is -0.493 e. The molecule has 0 aliphatic carbocycles. The highest BCUT2D eigenvalue weighted by atomic mass is 127. The third kappa shape index (κ3) is 8.43. The molecule has 1 aliphatic rings. The molecule has 1 aliphatic heterocycles. The van der Waals surface area contributed by atoms with Crippen LogP contribution in [0.25, 0.3) is 0 Å². The lowest BCUT2D eigenvalue weighted by molar-refractivity contribution is 0.0376. The Morgan fingerprint density at radius 2 is 1.72 bits per heavy atom.